The van der Waals surface area contributed by atoms with Gasteiger partial charge in [-0.25, -0.2) is 0 Å². The first-order valence-electron chi connectivity index (χ1n) is 10.1. The maximum atomic E-state index is 12.4. The molecule has 1 aromatic heterocycles. The summed E-state index contributed by atoms with van der Waals surface area (Å²) in [4.78, 5) is 18.0. The topological polar surface area (TPSA) is 45.3 Å². The minimum Gasteiger partial charge on any atom is -0.377 e. The Morgan fingerprint density at radius 3 is 2.81 bits per heavy atom. The number of ether oxygens (including phenoxy) is 1. The van der Waals surface area contributed by atoms with E-state index in [2.05, 4.69) is 52.4 Å². The third-order valence-electron chi connectivity index (χ3n) is 5.66. The van der Waals surface area contributed by atoms with E-state index in [1.165, 1.54) is 30.4 Å². The van der Waals surface area contributed by atoms with Gasteiger partial charge >= 0.3 is 0 Å². The summed E-state index contributed by atoms with van der Waals surface area (Å²) in [5.41, 5.74) is 3.61. The van der Waals surface area contributed by atoms with E-state index < -0.39 is 0 Å². The van der Waals surface area contributed by atoms with Crippen LogP contribution in [0.15, 0.2) is 53.3 Å². The van der Waals surface area contributed by atoms with Gasteiger partial charge in [0.15, 0.2) is 0 Å². The van der Waals surface area contributed by atoms with Gasteiger partial charge in [-0.05, 0) is 48.4 Å². The van der Waals surface area contributed by atoms with Gasteiger partial charge in [0.05, 0.1) is 13.2 Å². The average molecular weight is 364 g/mol. The highest BCUT2D eigenvalue weighted by molar-refractivity contribution is 5.68. The fourth-order valence-corrected chi connectivity index (χ4v) is 4.25. The first kappa shape index (κ1) is 18.1. The van der Waals surface area contributed by atoms with Gasteiger partial charge in [0.2, 0.25) is 5.56 Å². The molecule has 0 bridgehead atoms. The third-order valence-corrected chi connectivity index (χ3v) is 5.66. The van der Waals surface area contributed by atoms with Crippen LogP contribution < -0.4 is 10.5 Å². The largest absolute Gasteiger partial charge is 0.377 e. The quantitative estimate of drug-likeness (QED) is 0.886. The van der Waals surface area contributed by atoms with E-state index >= 15 is 0 Å². The van der Waals surface area contributed by atoms with E-state index in [1.807, 2.05) is 0 Å². The highest BCUT2D eigenvalue weighted by atomic mass is 16.5. The van der Waals surface area contributed by atoms with Gasteiger partial charge in [0.25, 0.3) is 0 Å². The molecule has 142 valence electrons. The Bertz CT molecular complexity index is 841. The van der Waals surface area contributed by atoms with Crippen LogP contribution in [0, 0.1) is 0 Å². The molecule has 0 aliphatic carbocycles. The highest BCUT2D eigenvalue weighted by Gasteiger charge is 2.23. The molecule has 4 nitrogen and oxygen atoms in total. The first-order valence-corrected chi connectivity index (χ1v) is 10.1. The van der Waals surface area contributed by atoms with Crippen LogP contribution in [0.4, 0.5) is 5.82 Å². The molecular weight excluding hydrogens is 336 g/mol. The maximum Gasteiger partial charge on any atom is 0.250 e. The lowest BCUT2D eigenvalue weighted by molar-refractivity contribution is 0.161. The number of rotatable bonds is 4. The number of pyridine rings is 1. The number of benzene rings is 1. The Morgan fingerprint density at radius 1 is 1.11 bits per heavy atom. The summed E-state index contributed by atoms with van der Waals surface area (Å²) in [7, 11) is 0. The van der Waals surface area contributed by atoms with Crippen molar-refractivity contribution in [3.05, 3.63) is 70.0 Å². The van der Waals surface area contributed by atoms with Crippen LogP contribution in [0.25, 0.3) is 5.57 Å². The van der Waals surface area contributed by atoms with Gasteiger partial charge in [0.1, 0.15) is 5.82 Å². The Hall–Kier alpha value is -2.33. The molecule has 0 amide bonds. The van der Waals surface area contributed by atoms with E-state index in [0.717, 1.165) is 43.8 Å². The second-order valence-corrected chi connectivity index (χ2v) is 7.56. The first-order chi connectivity index (χ1) is 13.3. The lowest BCUT2D eigenvalue weighted by atomic mass is 9.99. The predicted molar refractivity (Wildman–Crippen MR) is 110 cm³/mol. The van der Waals surface area contributed by atoms with E-state index in [9.17, 15) is 4.79 Å². The van der Waals surface area contributed by atoms with Crippen molar-refractivity contribution in [1.29, 1.82) is 0 Å². The number of anilines is 1. The second kappa shape index (κ2) is 8.57. The highest BCUT2D eigenvalue weighted by Crippen LogP contribution is 2.28. The van der Waals surface area contributed by atoms with E-state index in [-0.39, 0.29) is 5.56 Å². The molecule has 1 atom stereocenters. The van der Waals surface area contributed by atoms with Crippen molar-refractivity contribution >= 4 is 11.4 Å². The van der Waals surface area contributed by atoms with Crippen molar-refractivity contribution in [3.8, 4) is 0 Å². The predicted octanol–water partition coefficient (Wildman–Crippen LogP) is 4.17. The van der Waals surface area contributed by atoms with Crippen molar-refractivity contribution in [1.82, 2.24) is 4.98 Å². The Balaban J connectivity index is 1.65. The van der Waals surface area contributed by atoms with Crippen molar-refractivity contribution in [2.45, 2.75) is 44.6 Å². The summed E-state index contributed by atoms with van der Waals surface area (Å²) in [5, 5.41) is 0. The van der Waals surface area contributed by atoms with Crippen LogP contribution >= 0.6 is 0 Å². The standard InChI is InChI=1S/C23H28N2O2/c26-23-17-20(19-10-13-27-14-11-19)16-22(24-23)25-12-6-2-5-9-21(25)15-18-7-3-1-4-8-18/h1,3-4,7-8,10,16-17,21H,2,5-6,9,11-15H2,(H,24,26)/t21-/m1/s1. The number of nitrogens with zero attached hydrogens (tertiary/aromatic N) is 1. The van der Waals surface area contributed by atoms with Gasteiger partial charge < -0.3 is 14.6 Å². The van der Waals surface area contributed by atoms with Crippen molar-refractivity contribution < 1.29 is 4.74 Å². The van der Waals surface area contributed by atoms with E-state index in [0.29, 0.717) is 12.6 Å². The van der Waals surface area contributed by atoms with Crippen LogP contribution in [-0.4, -0.2) is 30.8 Å². The smallest absolute Gasteiger partial charge is 0.250 e. The molecule has 2 aliphatic rings. The monoisotopic (exact) mass is 364 g/mol. The number of aromatic amines is 1. The zero-order valence-corrected chi connectivity index (χ0v) is 15.8. The molecule has 2 aromatic rings. The lowest BCUT2D eigenvalue weighted by Crippen LogP contribution is -2.38. The molecular formula is C23H28N2O2. The Morgan fingerprint density at radius 2 is 2.00 bits per heavy atom. The van der Waals surface area contributed by atoms with Crippen molar-refractivity contribution in [3.63, 3.8) is 0 Å². The summed E-state index contributed by atoms with van der Waals surface area (Å²) in [6.45, 7) is 2.37. The zero-order chi connectivity index (χ0) is 18.5. The molecule has 3 heterocycles. The zero-order valence-electron chi connectivity index (χ0n) is 15.8. The van der Waals surface area contributed by atoms with Gasteiger partial charge in [-0.2, -0.15) is 0 Å². The SMILES string of the molecule is O=c1cc(C2=CCOCC2)cc(N2CCCCC[C@@H]2Cc2ccccc2)[nH]1. The number of hydrogen-bond donors (Lipinski definition) is 1. The summed E-state index contributed by atoms with van der Waals surface area (Å²) in [6.07, 6.45) is 8.84. The van der Waals surface area contributed by atoms with E-state index in [4.69, 9.17) is 4.74 Å². The fraction of sp³-hybridized carbons (Fsp3) is 0.435. The molecule has 1 N–H and O–H groups in total. The van der Waals surface area contributed by atoms with Crippen molar-refractivity contribution in [2.75, 3.05) is 24.7 Å². The number of nitrogens with one attached hydrogen (secondary N) is 1. The minimum absolute atomic E-state index is 0.0161. The molecule has 0 spiro atoms. The molecule has 0 saturated carbocycles. The van der Waals surface area contributed by atoms with Gasteiger partial charge in [-0.1, -0.05) is 49.2 Å². The lowest BCUT2D eigenvalue weighted by Gasteiger charge is -2.32. The van der Waals surface area contributed by atoms with Crippen LogP contribution in [0.3, 0.4) is 0 Å². The molecule has 0 radical (unpaired) electrons. The molecule has 1 fully saturated rings. The van der Waals surface area contributed by atoms with Gasteiger partial charge in [-0.15, -0.1) is 0 Å². The maximum absolute atomic E-state index is 12.4. The van der Waals surface area contributed by atoms with E-state index in [1.54, 1.807) is 6.07 Å². The second-order valence-electron chi connectivity index (χ2n) is 7.56. The van der Waals surface area contributed by atoms with Gasteiger partial charge in [-0.3, -0.25) is 4.79 Å². The van der Waals surface area contributed by atoms with Crippen LogP contribution in [-0.2, 0) is 11.2 Å². The summed E-state index contributed by atoms with van der Waals surface area (Å²) >= 11 is 0. The molecule has 1 aromatic carbocycles. The normalized spacial score (nSPS) is 20.8. The Labute approximate surface area is 160 Å². The molecule has 1 saturated heterocycles. The van der Waals surface area contributed by atoms with Crippen molar-refractivity contribution in [2.24, 2.45) is 0 Å². The van der Waals surface area contributed by atoms with Crippen LogP contribution in [0.2, 0.25) is 0 Å². The number of H-pyrrole nitrogens is 1. The Kier molecular flexibility index (Phi) is 5.73. The summed E-state index contributed by atoms with van der Waals surface area (Å²) in [6, 6.07) is 15.0. The van der Waals surface area contributed by atoms with Crippen LogP contribution in [0.1, 0.15) is 43.2 Å². The molecule has 27 heavy (non-hydrogen) atoms. The third kappa shape index (κ3) is 4.51. The molecule has 4 rings (SSSR count). The summed E-state index contributed by atoms with van der Waals surface area (Å²) < 4.78 is 5.43. The molecule has 4 heteroatoms. The summed E-state index contributed by atoms with van der Waals surface area (Å²) in [5.74, 6) is 0.965. The average Bonchev–Trinajstić information content (AvgIpc) is 2.94. The van der Waals surface area contributed by atoms with Gasteiger partial charge in [0, 0.05) is 18.7 Å². The minimum atomic E-state index is -0.0161. The fourth-order valence-electron chi connectivity index (χ4n) is 4.25. The van der Waals surface area contributed by atoms with Crippen LogP contribution in [0.5, 0.6) is 0 Å². The number of hydrogen-bond acceptors (Lipinski definition) is 3. The molecule has 2 aliphatic heterocycles. The molecule has 0 unspecified atom stereocenters. The number of aromatic nitrogens is 1.